The van der Waals surface area contributed by atoms with E-state index in [0.717, 1.165) is 10.9 Å². The Labute approximate surface area is 56.9 Å². The van der Waals surface area contributed by atoms with E-state index in [2.05, 4.69) is 26.6 Å². The van der Waals surface area contributed by atoms with Crippen molar-refractivity contribution in [1.29, 1.82) is 0 Å². The van der Waals surface area contributed by atoms with Gasteiger partial charge in [0.05, 0.1) is 11.6 Å². The van der Waals surface area contributed by atoms with Crippen LogP contribution in [-0.2, 0) is 0 Å². The third-order valence-corrected chi connectivity index (χ3v) is 1.16. The maximum Gasteiger partial charge on any atom is 0.100 e. The standard InChI is InChI=1S/C6H3N4/c1-2-7-3-5-4-8-10-9-6(1)5/h1-2,4H. The molecular formula is C6H3N4. The number of hydrogen-bond acceptors (Lipinski definition) is 4. The lowest BCUT2D eigenvalue weighted by Gasteiger charge is -1.87. The van der Waals surface area contributed by atoms with Gasteiger partial charge in [0.2, 0.25) is 0 Å². The molecule has 0 fully saturated rings. The van der Waals surface area contributed by atoms with E-state index in [1.54, 1.807) is 18.5 Å². The Kier molecular flexibility index (Phi) is 1.04. The van der Waals surface area contributed by atoms with Gasteiger partial charge in [0.15, 0.2) is 0 Å². The number of aromatic nitrogens is 4. The average Bonchev–Trinajstić information content (AvgIpc) is 2.05. The minimum atomic E-state index is 0.769. The molecule has 0 N–H and O–H groups in total. The third kappa shape index (κ3) is 0.699. The van der Waals surface area contributed by atoms with Gasteiger partial charge >= 0.3 is 0 Å². The van der Waals surface area contributed by atoms with Gasteiger partial charge in [0, 0.05) is 6.20 Å². The minimum Gasteiger partial charge on any atom is -0.254 e. The van der Waals surface area contributed by atoms with Gasteiger partial charge in [0.1, 0.15) is 11.7 Å². The normalized spacial score (nSPS) is 10.0. The van der Waals surface area contributed by atoms with Gasteiger partial charge in [-0.15, -0.1) is 10.2 Å². The zero-order valence-electron chi connectivity index (χ0n) is 5.02. The van der Waals surface area contributed by atoms with Crippen LogP contribution in [0.1, 0.15) is 0 Å². The molecular weight excluding hydrogens is 128 g/mol. The van der Waals surface area contributed by atoms with Crippen LogP contribution in [0.25, 0.3) is 10.9 Å². The van der Waals surface area contributed by atoms with Crippen LogP contribution in [0.15, 0.2) is 18.5 Å². The van der Waals surface area contributed by atoms with Crippen LogP contribution in [0.3, 0.4) is 0 Å². The van der Waals surface area contributed by atoms with Crippen LogP contribution in [0.2, 0.25) is 0 Å². The monoisotopic (exact) mass is 131 g/mol. The molecule has 0 spiro atoms. The predicted molar refractivity (Wildman–Crippen MR) is 34.0 cm³/mol. The predicted octanol–water partition coefficient (Wildman–Crippen LogP) is 0.220. The topological polar surface area (TPSA) is 51.6 Å². The van der Waals surface area contributed by atoms with E-state index in [1.807, 2.05) is 0 Å². The van der Waals surface area contributed by atoms with Crippen molar-refractivity contribution < 1.29 is 0 Å². The van der Waals surface area contributed by atoms with Crippen molar-refractivity contribution in [2.75, 3.05) is 0 Å². The summed E-state index contributed by atoms with van der Waals surface area (Å²) in [6.07, 6.45) is 5.94. The molecule has 2 rings (SSSR count). The van der Waals surface area contributed by atoms with Crippen molar-refractivity contribution in [3.05, 3.63) is 24.7 Å². The number of nitrogens with zero attached hydrogens (tertiary/aromatic N) is 4. The Morgan fingerprint density at radius 1 is 1.40 bits per heavy atom. The molecule has 0 saturated carbocycles. The molecule has 1 radical (unpaired) electrons. The summed E-state index contributed by atoms with van der Waals surface area (Å²) in [6, 6.07) is 1.76. The average molecular weight is 131 g/mol. The largest absolute Gasteiger partial charge is 0.254 e. The quantitative estimate of drug-likeness (QED) is 0.513. The Morgan fingerprint density at radius 2 is 2.40 bits per heavy atom. The van der Waals surface area contributed by atoms with Gasteiger partial charge in [-0.05, 0) is 11.3 Å². The second-order valence-corrected chi connectivity index (χ2v) is 1.79. The van der Waals surface area contributed by atoms with Crippen molar-refractivity contribution in [3.63, 3.8) is 0 Å². The Morgan fingerprint density at radius 3 is 3.30 bits per heavy atom. The van der Waals surface area contributed by atoms with Gasteiger partial charge in [-0.1, -0.05) is 0 Å². The highest BCUT2D eigenvalue weighted by atomic mass is 15.3. The van der Waals surface area contributed by atoms with Crippen LogP contribution in [0.4, 0.5) is 0 Å². The Balaban J connectivity index is 2.89. The summed E-state index contributed by atoms with van der Waals surface area (Å²) in [5.41, 5.74) is 0.769. The summed E-state index contributed by atoms with van der Waals surface area (Å²) in [7, 11) is 0. The first-order valence-electron chi connectivity index (χ1n) is 2.77. The van der Waals surface area contributed by atoms with Gasteiger partial charge < -0.3 is 0 Å². The van der Waals surface area contributed by atoms with Crippen LogP contribution < -0.4 is 0 Å². The molecule has 4 nitrogen and oxygen atoms in total. The first kappa shape index (κ1) is 5.22. The second kappa shape index (κ2) is 1.98. The van der Waals surface area contributed by atoms with E-state index < -0.39 is 0 Å². The Bertz CT molecular complexity index is 281. The van der Waals surface area contributed by atoms with Crippen molar-refractivity contribution in [2.24, 2.45) is 0 Å². The summed E-state index contributed by atoms with van der Waals surface area (Å²) >= 11 is 0. The van der Waals surface area contributed by atoms with Crippen LogP contribution >= 0.6 is 0 Å². The van der Waals surface area contributed by atoms with Crippen LogP contribution in [0.5, 0.6) is 0 Å². The maximum atomic E-state index is 3.78. The first-order chi connectivity index (χ1) is 4.97. The smallest absolute Gasteiger partial charge is 0.100 e. The lowest BCUT2D eigenvalue weighted by molar-refractivity contribution is 0.893. The molecule has 0 aliphatic heterocycles. The summed E-state index contributed by atoms with van der Waals surface area (Å²) in [4.78, 5) is 3.78. The highest BCUT2D eigenvalue weighted by Gasteiger charge is 1.90. The van der Waals surface area contributed by atoms with E-state index in [-0.39, 0.29) is 0 Å². The summed E-state index contributed by atoms with van der Waals surface area (Å²) in [5.74, 6) is 0. The molecule has 0 aromatic carbocycles. The lowest BCUT2D eigenvalue weighted by Crippen LogP contribution is -1.86. The van der Waals surface area contributed by atoms with Crippen molar-refractivity contribution in [2.45, 2.75) is 0 Å². The molecule has 0 unspecified atom stereocenters. The SMILES string of the molecule is [c]1nccc2nnncc12. The van der Waals surface area contributed by atoms with E-state index in [1.165, 1.54) is 0 Å². The van der Waals surface area contributed by atoms with E-state index in [0.29, 0.717) is 0 Å². The molecule has 0 aliphatic rings. The fraction of sp³-hybridized carbons (Fsp3) is 0. The molecule has 47 valence electrons. The van der Waals surface area contributed by atoms with Crippen molar-refractivity contribution >= 4 is 10.9 Å². The van der Waals surface area contributed by atoms with Gasteiger partial charge in [-0.25, -0.2) is 0 Å². The fourth-order valence-corrected chi connectivity index (χ4v) is 0.701. The number of rotatable bonds is 0. The van der Waals surface area contributed by atoms with Crippen molar-refractivity contribution in [1.82, 2.24) is 20.4 Å². The van der Waals surface area contributed by atoms with Crippen LogP contribution in [0, 0.1) is 6.20 Å². The zero-order valence-corrected chi connectivity index (χ0v) is 5.02. The molecule has 0 saturated heterocycles. The van der Waals surface area contributed by atoms with E-state index in [9.17, 15) is 0 Å². The second-order valence-electron chi connectivity index (χ2n) is 1.79. The van der Waals surface area contributed by atoms with E-state index >= 15 is 0 Å². The zero-order chi connectivity index (χ0) is 6.81. The fourth-order valence-electron chi connectivity index (χ4n) is 0.701. The molecule has 2 heterocycles. The minimum absolute atomic E-state index is 0.769. The van der Waals surface area contributed by atoms with Gasteiger partial charge in [-0.2, -0.15) is 0 Å². The highest BCUT2D eigenvalue weighted by molar-refractivity contribution is 5.74. The van der Waals surface area contributed by atoms with Crippen molar-refractivity contribution in [3.8, 4) is 0 Å². The molecule has 0 atom stereocenters. The molecule has 0 bridgehead atoms. The third-order valence-electron chi connectivity index (χ3n) is 1.16. The van der Waals surface area contributed by atoms with E-state index in [4.69, 9.17) is 0 Å². The number of fused-ring (bicyclic) bond motifs is 1. The first-order valence-corrected chi connectivity index (χ1v) is 2.77. The molecule has 0 amide bonds. The summed E-state index contributed by atoms with van der Waals surface area (Å²) < 4.78 is 0. The summed E-state index contributed by atoms with van der Waals surface area (Å²) in [5, 5.41) is 11.6. The molecule has 10 heavy (non-hydrogen) atoms. The van der Waals surface area contributed by atoms with Gasteiger partial charge in [-0.3, -0.25) is 4.98 Å². The maximum absolute atomic E-state index is 3.78. The number of pyridine rings is 1. The van der Waals surface area contributed by atoms with Gasteiger partial charge in [0.25, 0.3) is 0 Å². The highest BCUT2D eigenvalue weighted by Crippen LogP contribution is 2.02. The molecule has 4 heteroatoms. The number of hydrogen-bond donors (Lipinski definition) is 0. The van der Waals surface area contributed by atoms with Crippen LogP contribution in [-0.4, -0.2) is 20.4 Å². The summed E-state index contributed by atoms with van der Waals surface area (Å²) in [6.45, 7) is 0. The molecule has 2 aromatic heterocycles. The molecule has 2 aromatic rings. The lowest BCUT2D eigenvalue weighted by atomic mass is 10.3. The Hall–Kier alpha value is -1.58. The molecule has 0 aliphatic carbocycles.